The number of benzene rings is 1. The Morgan fingerprint density at radius 2 is 1.88 bits per heavy atom. The largest absolute Gasteiger partial charge is 0.486 e. The van der Waals surface area contributed by atoms with Crippen LogP contribution in [0.3, 0.4) is 0 Å². The lowest BCUT2D eigenvalue weighted by Crippen LogP contribution is -1.97. The molecule has 2 rings (SSSR count). The van der Waals surface area contributed by atoms with E-state index in [0.717, 1.165) is 21.6 Å². The number of hydrogen-bond donors (Lipinski definition) is 0. The van der Waals surface area contributed by atoms with Crippen LogP contribution in [0, 0.1) is 6.92 Å². The number of rotatable bonds is 3. The fourth-order valence-corrected chi connectivity index (χ4v) is 1.88. The lowest BCUT2D eigenvalue weighted by Gasteiger charge is -2.07. The average Bonchev–Trinajstić information content (AvgIpc) is 2.29. The molecule has 0 fully saturated rings. The Labute approximate surface area is 103 Å². The summed E-state index contributed by atoms with van der Waals surface area (Å²) in [6.45, 7) is 2.51. The van der Waals surface area contributed by atoms with E-state index in [1.54, 1.807) is 0 Å². The molecule has 3 heteroatoms. The van der Waals surface area contributed by atoms with Gasteiger partial charge in [-0.15, -0.1) is 0 Å². The highest BCUT2D eigenvalue weighted by atomic mass is 79.9. The van der Waals surface area contributed by atoms with Crippen LogP contribution in [0.2, 0.25) is 0 Å². The standard InChI is InChI=1S/C13H12BrNO/c1-10-7-8-12(13(14)15-10)16-9-11-5-3-2-4-6-11/h2-8H,9H2,1H3. The van der Waals surface area contributed by atoms with Gasteiger partial charge in [-0.2, -0.15) is 0 Å². The molecule has 1 heterocycles. The second-order valence-corrected chi connectivity index (χ2v) is 4.27. The van der Waals surface area contributed by atoms with E-state index in [0.29, 0.717) is 6.61 Å². The zero-order valence-corrected chi connectivity index (χ0v) is 10.6. The van der Waals surface area contributed by atoms with Crippen LogP contribution in [0.15, 0.2) is 47.1 Å². The van der Waals surface area contributed by atoms with Gasteiger partial charge in [-0.25, -0.2) is 4.98 Å². The van der Waals surface area contributed by atoms with Crippen molar-refractivity contribution in [3.05, 3.63) is 58.3 Å². The highest BCUT2D eigenvalue weighted by Gasteiger charge is 2.02. The Hall–Kier alpha value is -1.35. The number of pyridine rings is 1. The van der Waals surface area contributed by atoms with E-state index >= 15 is 0 Å². The van der Waals surface area contributed by atoms with Crippen molar-refractivity contribution in [2.24, 2.45) is 0 Å². The zero-order chi connectivity index (χ0) is 11.4. The van der Waals surface area contributed by atoms with Crippen LogP contribution in [-0.2, 0) is 6.61 Å². The monoisotopic (exact) mass is 277 g/mol. The summed E-state index contributed by atoms with van der Waals surface area (Å²) < 4.78 is 6.42. The van der Waals surface area contributed by atoms with Gasteiger partial charge in [0.2, 0.25) is 0 Å². The van der Waals surface area contributed by atoms with Gasteiger partial charge in [0.1, 0.15) is 11.2 Å². The molecule has 16 heavy (non-hydrogen) atoms. The second-order valence-electron chi connectivity index (χ2n) is 3.52. The summed E-state index contributed by atoms with van der Waals surface area (Å²) in [5.41, 5.74) is 2.12. The highest BCUT2D eigenvalue weighted by molar-refractivity contribution is 9.10. The summed E-state index contributed by atoms with van der Waals surface area (Å²) >= 11 is 3.38. The molecule has 0 aliphatic rings. The maximum atomic E-state index is 5.67. The first-order valence-electron chi connectivity index (χ1n) is 5.05. The van der Waals surface area contributed by atoms with Gasteiger partial charge in [-0.3, -0.25) is 0 Å². The number of aromatic nitrogens is 1. The van der Waals surface area contributed by atoms with Crippen LogP contribution in [0.1, 0.15) is 11.3 Å². The van der Waals surface area contributed by atoms with Gasteiger partial charge in [0, 0.05) is 5.69 Å². The first-order valence-corrected chi connectivity index (χ1v) is 5.85. The smallest absolute Gasteiger partial charge is 0.152 e. The fraction of sp³-hybridized carbons (Fsp3) is 0.154. The summed E-state index contributed by atoms with van der Waals surface area (Å²) in [6.07, 6.45) is 0. The van der Waals surface area contributed by atoms with E-state index in [4.69, 9.17) is 4.74 Å². The minimum absolute atomic E-state index is 0.560. The van der Waals surface area contributed by atoms with Crippen LogP contribution in [0.25, 0.3) is 0 Å². The Morgan fingerprint density at radius 3 is 2.56 bits per heavy atom. The SMILES string of the molecule is Cc1ccc(OCc2ccccc2)c(Br)n1. The number of aryl methyl sites for hydroxylation is 1. The van der Waals surface area contributed by atoms with Gasteiger partial charge in [0.25, 0.3) is 0 Å². The first kappa shape index (κ1) is 11.1. The topological polar surface area (TPSA) is 22.1 Å². The van der Waals surface area contributed by atoms with E-state index in [1.807, 2.05) is 49.4 Å². The third-order valence-electron chi connectivity index (χ3n) is 2.19. The fourth-order valence-electron chi connectivity index (χ4n) is 1.36. The van der Waals surface area contributed by atoms with Crippen LogP contribution in [-0.4, -0.2) is 4.98 Å². The molecule has 0 atom stereocenters. The minimum atomic E-state index is 0.560. The van der Waals surface area contributed by atoms with Crippen LogP contribution < -0.4 is 4.74 Å². The molecule has 1 aromatic carbocycles. The van der Waals surface area contributed by atoms with E-state index < -0.39 is 0 Å². The second kappa shape index (κ2) is 5.12. The molecular formula is C13H12BrNO. The van der Waals surface area contributed by atoms with E-state index in [1.165, 1.54) is 0 Å². The first-order chi connectivity index (χ1) is 7.75. The van der Waals surface area contributed by atoms with Gasteiger partial charge >= 0.3 is 0 Å². The van der Waals surface area contributed by atoms with Gasteiger partial charge in [-0.05, 0) is 40.5 Å². The van der Waals surface area contributed by atoms with Crippen molar-refractivity contribution in [1.82, 2.24) is 4.98 Å². The molecule has 0 saturated heterocycles. The maximum absolute atomic E-state index is 5.67. The summed E-state index contributed by atoms with van der Waals surface area (Å²) in [4.78, 5) is 4.28. The molecule has 0 bridgehead atoms. The lowest BCUT2D eigenvalue weighted by molar-refractivity contribution is 0.302. The molecule has 1 aromatic heterocycles. The van der Waals surface area contributed by atoms with Crippen molar-refractivity contribution in [1.29, 1.82) is 0 Å². The lowest BCUT2D eigenvalue weighted by atomic mass is 10.2. The molecule has 82 valence electrons. The summed E-state index contributed by atoms with van der Waals surface area (Å²) in [7, 11) is 0. The number of hydrogen-bond acceptors (Lipinski definition) is 2. The van der Waals surface area contributed by atoms with Crippen LogP contribution >= 0.6 is 15.9 Å². The normalized spacial score (nSPS) is 10.1. The number of halogens is 1. The van der Waals surface area contributed by atoms with Crippen molar-refractivity contribution in [3.8, 4) is 5.75 Å². The zero-order valence-electron chi connectivity index (χ0n) is 8.98. The van der Waals surface area contributed by atoms with Crippen molar-refractivity contribution in [2.75, 3.05) is 0 Å². The van der Waals surface area contributed by atoms with Crippen molar-refractivity contribution in [2.45, 2.75) is 13.5 Å². The van der Waals surface area contributed by atoms with Gasteiger partial charge in [0.05, 0.1) is 0 Å². The number of ether oxygens (including phenoxy) is 1. The van der Waals surface area contributed by atoms with Crippen molar-refractivity contribution in [3.63, 3.8) is 0 Å². The molecule has 0 saturated carbocycles. The molecule has 2 aromatic rings. The van der Waals surface area contributed by atoms with Crippen molar-refractivity contribution < 1.29 is 4.74 Å². The third kappa shape index (κ3) is 2.83. The van der Waals surface area contributed by atoms with E-state index in [-0.39, 0.29) is 0 Å². The van der Waals surface area contributed by atoms with Gasteiger partial charge < -0.3 is 4.74 Å². The predicted molar refractivity (Wildman–Crippen MR) is 67.4 cm³/mol. The maximum Gasteiger partial charge on any atom is 0.152 e. The molecule has 0 amide bonds. The molecule has 0 unspecified atom stereocenters. The summed E-state index contributed by atoms with van der Waals surface area (Å²) in [5.74, 6) is 0.773. The Bertz CT molecular complexity index is 471. The summed E-state index contributed by atoms with van der Waals surface area (Å²) in [6, 6.07) is 13.9. The molecule has 0 aliphatic heterocycles. The predicted octanol–water partition coefficient (Wildman–Crippen LogP) is 3.73. The quantitative estimate of drug-likeness (QED) is 0.798. The van der Waals surface area contributed by atoms with E-state index in [9.17, 15) is 0 Å². The van der Waals surface area contributed by atoms with Crippen LogP contribution in [0.5, 0.6) is 5.75 Å². The van der Waals surface area contributed by atoms with Crippen LogP contribution in [0.4, 0.5) is 0 Å². The average molecular weight is 278 g/mol. The molecule has 0 spiro atoms. The Kier molecular flexibility index (Phi) is 3.57. The third-order valence-corrected chi connectivity index (χ3v) is 2.76. The van der Waals surface area contributed by atoms with Gasteiger partial charge in [-0.1, -0.05) is 30.3 Å². The molecule has 2 nitrogen and oxygen atoms in total. The molecular weight excluding hydrogens is 266 g/mol. The van der Waals surface area contributed by atoms with Crippen molar-refractivity contribution >= 4 is 15.9 Å². The van der Waals surface area contributed by atoms with E-state index in [2.05, 4.69) is 20.9 Å². The Balaban J connectivity index is 2.05. The Morgan fingerprint density at radius 1 is 1.12 bits per heavy atom. The molecule has 0 radical (unpaired) electrons. The number of nitrogens with zero attached hydrogens (tertiary/aromatic N) is 1. The highest BCUT2D eigenvalue weighted by Crippen LogP contribution is 2.23. The molecule has 0 N–H and O–H groups in total. The minimum Gasteiger partial charge on any atom is -0.486 e. The summed E-state index contributed by atoms with van der Waals surface area (Å²) in [5, 5.41) is 0. The molecule has 0 aliphatic carbocycles. The van der Waals surface area contributed by atoms with Gasteiger partial charge in [0.15, 0.2) is 5.75 Å².